The van der Waals surface area contributed by atoms with Gasteiger partial charge in [-0.1, -0.05) is 12.1 Å². The van der Waals surface area contributed by atoms with Crippen molar-refractivity contribution in [2.24, 2.45) is 0 Å². The van der Waals surface area contributed by atoms with Crippen LogP contribution in [0.3, 0.4) is 0 Å². The summed E-state index contributed by atoms with van der Waals surface area (Å²) in [6, 6.07) is 8.33. The molecule has 0 saturated carbocycles. The summed E-state index contributed by atoms with van der Waals surface area (Å²) in [4.78, 5) is 39.9. The topological polar surface area (TPSA) is 94.2 Å². The molecule has 0 aliphatic carbocycles. The van der Waals surface area contributed by atoms with Gasteiger partial charge in [-0.3, -0.25) is 14.5 Å². The largest absolute Gasteiger partial charge is 0.493 e. The van der Waals surface area contributed by atoms with Crippen LogP contribution in [0.15, 0.2) is 30.3 Å². The van der Waals surface area contributed by atoms with Crippen LogP contribution in [0.1, 0.15) is 46.1 Å². The Morgan fingerprint density at radius 3 is 2.61 bits per heavy atom. The lowest BCUT2D eigenvalue weighted by Gasteiger charge is -2.29. The van der Waals surface area contributed by atoms with Gasteiger partial charge >= 0.3 is 5.97 Å². The number of amides is 2. The summed E-state index contributed by atoms with van der Waals surface area (Å²) in [6.45, 7) is 3.85. The smallest absolute Gasteiger partial charge is 0.344 e. The number of nitrogens with zero attached hydrogens (tertiary/aromatic N) is 1. The monoisotopic (exact) mass is 424 g/mol. The maximum atomic E-state index is 13.1. The number of methoxy groups -OCH3 is 2. The van der Waals surface area contributed by atoms with E-state index in [1.165, 1.54) is 19.1 Å². The zero-order chi connectivity index (χ0) is 22.3. The predicted octanol–water partition coefficient (Wildman–Crippen LogP) is 3.12. The molecule has 8 heteroatoms. The molecule has 0 radical (unpaired) electrons. The third-order valence-corrected chi connectivity index (χ3v) is 5.73. The van der Waals surface area contributed by atoms with Crippen molar-refractivity contribution in [1.82, 2.24) is 4.90 Å². The normalized spacial score (nSPS) is 19.8. The van der Waals surface area contributed by atoms with Crippen LogP contribution in [-0.4, -0.2) is 42.9 Å². The molecule has 2 heterocycles. The Hall–Kier alpha value is -3.55. The van der Waals surface area contributed by atoms with Crippen LogP contribution in [0, 0.1) is 13.8 Å². The van der Waals surface area contributed by atoms with Crippen LogP contribution in [-0.2, 0) is 14.3 Å². The van der Waals surface area contributed by atoms with E-state index in [-0.39, 0.29) is 29.5 Å². The van der Waals surface area contributed by atoms with E-state index in [0.29, 0.717) is 23.4 Å². The molecule has 0 spiro atoms. The van der Waals surface area contributed by atoms with Gasteiger partial charge in [0.2, 0.25) is 18.0 Å². The minimum atomic E-state index is -0.994. The maximum Gasteiger partial charge on any atom is 0.344 e. The molecular formula is C23H24N2O6. The summed E-state index contributed by atoms with van der Waals surface area (Å²) in [6.07, 6.45) is -0.458. The number of esters is 1. The Kier molecular flexibility index (Phi) is 5.31. The van der Waals surface area contributed by atoms with Gasteiger partial charge in [0.25, 0.3) is 0 Å². The molecule has 0 bridgehead atoms. The van der Waals surface area contributed by atoms with E-state index in [1.807, 2.05) is 32.0 Å². The molecule has 31 heavy (non-hydrogen) atoms. The molecule has 1 fully saturated rings. The highest BCUT2D eigenvalue weighted by atomic mass is 16.6. The number of fused-ring (bicyclic) bond motifs is 1. The summed E-state index contributed by atoms with van der Waals surface area (Å²) in [7, 11) is 2.90. The Morgan fingerprint density at radius 2 is 1.90 bits per heavy atom. The second-order valence-electron chi connectivity index (χ2n) is 7.69. The number of anilines is 1. The highest BCUT2D eigenvalue weighted by molar-refractivity contribution is 6.01. The van der Waals surface area contributed by atoms with Crippen molar-refractivity contribution in [2.75, 3.05) is 19.5 Å². The fourth-order valence-corrected chi connectivity index (χ4v) is 4.13. The van der Waals surface area contributed by atoms with E-state index in [1.54, 1.807) is 12.1 Å². The van der Waals surface area contributed by atoms with Gasteiger partial charge in [0.15, 0.2) is 11.5 Å². The lowest BCUT2D eigenvalue weighted by molar-refractivity contribution is -0.144. The first kappa shape index (κ1) is 20.7. The molecule has 8 nitrogen and oxygen atoms in total. The van der Waals surface area contributed by atoms with Crippen LogP contribution >= 0.6 is 0 Å². The van der Waals surface area contributed by atoms with Crippen molar-refractivity contribution in [3.05, 3.63) is 52.6 Å². The Balaban J connectivity index is 1.66. The van der Waals surface area contributed by atoms with E-state index in [4.69, 9.17) is 14.2 Å². The van der Waals surface area contributed by atoms with Crippen molar-refractivity contribution < 1.29 is 28.6 Å². The Labute approximate surface area is 180 Å². The quantitative estimate of drug-likeness (QED) is 0.742. The van der Waals surface area contributed by atoms with Gasteiger partial charge in [0.1, 0.15) is 11.6 Å². The number of carbonyl (C=O) groups excluding carboxylic acids is 3. The molecule has 0 unspecified atom stereocenters. The first-order valence-electron chi connectivity index (χ1n) is 10.0. The minimum absolute atomic E-state index is 0.196. The van der Waals surface area contributed by atoms with Crippen molar-refractivity contribution in [3.8, 4) is 11.5 Å². The van der Waals surface area contributed by atoms with Gasteiger partial charge in [-0.05, 0) is 49.6 Å². The molecule has 4 rings (SSSR count). The summed E-state index contributed by atoms with van der Waals surface area (Å²) >= 11 is 0. The molecule has 1 N–H and O–H groups in total. The average Bonchev–Trinajstić information content (AvgIpc) is 3.29. The lowest BCUT2D eigenvalue weighted by atomic mass is 10.0. The zero-order valence-corrected chi connectivity index (χ0v) is 17.9. The van der Waals surface area contributed by atoms with Crippen LogP contribution in [0.25, 0.3) is 0 Å². The summed E-state index contributed by atoms with van der Waals surface area (Å²) < 4.78 is 16.2. The van der Waals surface area contributed by atoms with Crippen LogP contribution in [0.4, 0.5) is 5.69 Å². The first-order valence-corrected chi connectivity index (χ1v) is 10.0. The van der Waals surface area contributed by atoms with E-state index in [0.717, 1.165) is 11.1 Å². The fraction of sp³-hybridized carbons (Fsp3) is 0.348. The van der Waals surface area contributed by atoms with Gasteiger partial charge in [0, 0.05) is 17.7 Å². The zero-order valence-electron chi connectivity index (χ0n) is 17.9. The third kappa shape index (κ3) is 3.48. The third-order valence-electron chi connectivity index (χ3n) is 5.73. The van der Waals surface area contributed by atoms with Crippen LogP contribution in [0.5, 0.6) is 11.5 Å². The summed E-state index contributed by atoms with van der Waals surface area (Å²) in [5.74, 6) is -0.554. The Morgan fingerprint density at radius 1 is 1.13 bits per heavy atom. The van der Waals surface area contributed by atoms with Crippen LogP contribution in [0.2, 0.25) is 0 Å². The number of carbonyl (C=O) groups is 3. The molecule has 0 aromatic heterocycles. The van der Waals surface area contributed by atoms with Crippen molar-refractivity contribution in [2.45, 2.75) is 39.0 Å². The second-order valence-corrected chi connectivity index (χ2v) is 7.69. The molecule has 1 saturated heterocycles. The summed E-state index contributed by atoms with van der Waals surface area (Å²) in [5.41, 5.74) is 3.31. The van der Waals surface area contributed by atoms with E-state index in [9.17, 15) is 14.4 Å². The second kappa shape index (κ2) is 7.94. The lowest BCUT2D eigenvalue weighted by Crippen LogP contribution is -2.44. The predicted molar refractivity (Wildman–Crippen MR) is 112 cm³/mol. The first-order chi connectivity index (χ1) is 14.8. The summed E-state index contributed by atoms with van der Waals surface area (Å²) in [5, 5.41) is 2.92. The number of benzene rings is 2. The number of hydrogen-bond donors (Lipinski definition) is 1. The van der Waals surface area contributed by atoms with Crippen molar-refractivity contribution in [1.29, 1.82) is 0 Å². The number of cyclic esters (lactones) is 1. The molecule has 2 aliphatic heterocycles. The average molecular weight is 424 g/mol. The standard InChI is InChI=1S/C23H24N2O6/c1-12-5-6-13(2)15(11-12)24-21(27)16-8-10-18(26)25(16)22-14-7-9-17(29-3)20(30-4)19(14)23(28)31-22/h5-7,9,11,16,22H,8,10H2,1-4H3,(H,24,27)/t16-,22-/m0/s1. The van der Waals surface area contributed by atoms with Gasteiger partial charge in [-0.15, -0.1) is 0 Å². The molecule has 2 amide bonds. The van der Waals surface area contributed by atoms with Crippen molar-refractivity contribution in [3.63, 3.8) is 0 Å². The molecular weight excluding hydrogens is 400 g/mol. The fourth-order valence-electron chi connectivity index (χ4n) is 4.13. The number of rotatable bonds is 5. The SMILES string of the molecule is COc1ccc2c(c1OC)C(=O)O[C@@H]2N1C(=O)CC[C@H]1C(=O)Nc1cc(C)ccc1C. The Bertz CT molecular complexity index is 1080. The highest BCUT2D eigenvalue weighted by Gasteiger charge is 2.47. The van der Waals surface area contributed by atoms with Gasteiger partial charge in [-0.25, -0.2) is 4.79 Å². The van der Waals surface area contributed by atoms with Gasteiger partial charge < -0.3 is 19.5 Å². The number of nitrogens with one attached hydrogen (secondary N) is 1. The number of hydrogen-bond acceptors (Lipinski definition) is 6. The molecule has 2 aromatic carbocycles. The van der Waals surface area contributed by atoms with Crippen molar-refractivity contribution >= 4 is 23.5 Å². The minimum Gasteiger partial charge on any atom is -0.493 e. The van der Waals surface area contributed by atoms with E-state index < -0.39 is 18.2 Å². The van der Waals surface area contributed by atoms with Crippen LogP contribution < -0.4 is 14.8 Å². The van der Waals surface area contributed by atoms with Gasteiger partial charge in [0.05, 0.1) is 14.2 Å². The maximum absolute atomic E-state index is 13.1. The number of ether oxygens (including phenoxy) is 3. The van der Waals surface area contributed by atoms with Gasteiger partial charge in [-0.2, -0.15) is 0 Å². The van der Waals surface area contributed by atoms with E-state index in [2.05, 4.69) is 5.32 Å². The molecule has 162 valence electrons. The molecule has 2 aromatic rings. The highest BCUT2D eigenvalue weighted by Crippen LogP contribution is 2.45. The molecule has 2 atom stereocenters. The van der Waals surface area contributed by atoms with E-state index >= 15 is 0 Å². The molecule has 2 aliphatic rings. The number of aryl methyl sites for hydroxylation is 2. The number of likely N-dealkylation sites (tertiary alicyclic amines) is 1.